The molecule has 0 aliphatic carbocycles. The smallest absolute Gasteiger partial charge is 0.0234 e. The van der Waals surface area contributed by atoms with E-state index in [4.69, 9.17) is 5.73 Å². The molecule has 0 spiro atoms. The maximum Gasteiger partial charge on any atom is 0.0234 e. The van der Waals surface area contributed by atoms with Crippen molar-refractivity contribution in [3.05, 3.63) is 35.4 Å². The predicted octanol–water partition coefficient (Wildman–Crippen LogP) is 2.51. The molecule has 1 aromatic rings. The SMILES string of the molecule is CC1CN(Cc2ccc(CCN)cc2)CC(C)S1. The molecule has 1 fully saturated rings. The van der Waals surface area contributed by atoms with Crippen LogP contribution in [0.3, 0.4) is 0 Å². The van der Waals surface area contributed by atoms with Gasteiger partial charge in [0.25, 0.3) is 0 Å². The average molecular weight is 264 g/mol. The van der Waals surface area contributed by atoms with Gasteiger partial charge in [-0.1, -0.05) is 38.1 Å². The van der Waals surface area contributed by atoms with Crippen molar-refractivity contribution >= 4 is 11.8 Å². The van der Waals surface area contributed by atoms with Gasteiger partial charge in [0.05, 0.1) is 0 Å². The monoisotopic (exact) mass is 264 g/mol. The molecule has 2 N–H and O–H groups in total. The van der Waals surface area contributed by atoms with Crippen molar-refractivity contribution < 1.29 is 0 Å². The van der Waals surface area contributed by atoms with Crippen LogP contribution in [0.25, 0.3) is 0 Å². The summed E-state index contributed by atoms with van der Waals surface area (Å²) in [7, 11) is 0. The van der Waals surface area contributed by atoms with Gasteiger partial charge in [-0.2, -0.15) is 11.8 Å². The molecular formula is C15H24N2S. The first-order valence-corrected chi connectivity index (χ1v) is 7.77. The third-order valence-corrected chi connectivity index (χ3v) is 4.58. The highest BCUT2D eigenvalue weighted by molar-refractivity contribution is 8.00. The average Bonchev–Trinajstić information content (AvgIpc) is 2.31. The van der Waals surface area contributed by atoms with Crippen molar-refractivity contribution in [2.24, 2.45) is 5.73 Å². The molecule has 2 rings (SSSR count). The number of nitrogens with zero attached hydrogens (tertiary/aromatic N) is 1. The largest absolute Gasteiger partial charge is 0.330 e. The van der Waals surface area contributed by atoms with Crippen LogP contribution in [0, 0.1) is 0 Å². The number of rotatable bonds is 4. The lowest BCUT2D eigenvalue weighted by Crippen LogP contribution is -2.39. The summed E-state index contributed by atoms with van der Waals surface area (Å²) in [6, 6.07) is 8.94. The molecule has 0 saturated carbocycles. The van der Waals surface area contributed by atoms with E-state index in [1.54, 1.807) is 0 Å². The molecule has 2 nitrogen and oxygen atoms in total. The lowest BCUT2D eigenvalue weighted by molar-refractivity contribution is 0.263. The van der Waals surface area contributed by atoms with Gasteiger partial charge in [0, 0.05) is 30.1 Å². The molecule has 3 heteroatoms. The standard InChI is InChI=1S/C15H24N2S/c1-12-9-17(10-13(2)18-12)11-15-5-3-14(4-6-15)7-8-16/h3-6,12-13H,7-11,16H2,1-2H3. The first-order chi connectivity index (χ1) is 8.67. The van der Waals surface area contributed by atoms with Crippen LogP contribution >= 0.6 is 11.8 Å². The highest BCUT2D eigenvalue weighted by Gasteiger charge is 2.21. The van der Waals surface area contributed by atoms with Crippen LogP contribution in [0.4, 0.5) is 0 Å². The quantitative estimate of drug-likeness (QED) is 0.906. The Kier molecular flexibility index (Phi) is 5.10. The van der Waals surface area contributed by atoms with Crippen LogP contribution in [0.5, 0.6) is 0 Å². The molecule has 18 heavy (non-hydrogen) atoms. The molecular weight excluding hydrogens is 240 g/mol. The van der Waals surface area contributed by atoms with Gasteiger partial charge in [0.15, 0.2) is 0 Å². The summed E-state index contributed by atoms with van der Waals surface area (Å²) < 4.78 is 0. The number of hydrogen-bond acceptors (Lipinski definition) is 3. The van der Waals surface area contributed by atoms with Gasteiger partial charge < -0.3 is 5.73 Å². The summed E-state index contributed by atoms with van der Waals surface area (Å²) in [6.07, 6.45) is 0.981. The fourth-order valence-corrected chi connectivity index (χ4v) is 4.04. The fourth-order valence-electron chi connectivity index (χ4n) is 2.65. The summed E-state index contributed by atoms with van der Waals surface area (Å²) in [4.78, 5) is 2.57. The number of thioether (sulfide) groups is 1. The van der Waals surface area contributed by atoms with Gasteiger partial charge >= 0.3 is 0 Å². The second-order valence-electron chi connectivity index (χ2n) is 5.31. The van der Waals surface area contributed by atoms with E-state index in [1.807, 2.05) is 0 Å². The molecule has 1 saturated heterocycles. The van der Waals surface area contributed by atoms with Gasteiger partial charge in [0.2, 0.25) is 0 Å². The van der Waals surface area contributed by atoms with E-state index < -0.39 is 0 Å². The molecule has 100 valence electrons. The summed E-state index contributed by atoms with van der Waals surface area (Å²) >= 11 is 2.11. The first kappa shape index (κ1) is 13.9. The Morgan fingerprint density at radius 1 is 1.11 bits per heavy atom. The van der Waals surface area contributed by atoms with Gasteiger partial charge in [-0.25, -0.2) is 0 Å². The molecule has 0 amide bonds. The second-order valence-corrected chi connectivity index (χ2v) is 7.19. The highest BCUT2D eigenvalue weighted by Crippen LogP contribution is 2.25. The zero-order valence-electron chi connectivity index (χ0n) is 11.4. The summed E-state index contributed by atoms with van der Waals surface area (Å²) in [6.45, 7) is 8.89. The molecule has 0 radical (unpaired) electrons. The van der Waals surface area contributed by atoms with Crippen molar-refractivity contribution in [1.29, 1.82) is 0 Å². The Morgan fingerprint density at radius 3 is 2.22 bits per heavy atom. The Labute approximate surface area is 115 Å². The number of hydrogen-bond donors (Lipinski definition) is 1. The van der Waals surface area contributed by atoms with Crippen molar-refractivity contribution in [3.63, 3.8) is 0 Å². The zero-order valence-corrected chi connectivity index (χ0v) is 12.2. The molecule has 1 aromatic carbocycles. The first-order valence-electron chi connectivity index (χ1n) is 6.83. The third kappa shape index (κ3) is 4.01. The van der Waals surface area contributed by atoms with Crippen LogP contribution in [-0.4, -0.2) is 35.0 Å². The molecule has 0 aromatic heterocycles. The number of nitrogens with two attached hydrogens (primary N) is 1. The van der Waals surface area contributed by atoms with Gasteiger partial charge in [-0.3, -0.25) is 4.90 Å². The molecule has 1 aliphatic rings. The minimum atomic E-state index is 0.734. The third-order valence-electron chi connectivity index (χ3n) is 3.36. The second kappa shape index (κ2) is 6.60. The van der Waals surface area contributed by atoms with Gasteiger partial charge in [-0.15, -0.1) is 0 Å². The zero-order chi connectivity index (χ0) is 13.0. The van der Waals surface area contributed by atoms with Crippen molar-refractivity contribution in [2.75, 3.05) is 19.6 Å². The summed E-state index contributed by atoms with van der Waals surface area (Å²) in [5.74, 6) is 0. The Balaban J connectivity index is 1.92. The molecule has 1 aliphatic heterocycles. The van der Waals surface area contributed by atoms with E-state index in [0.29, 0.717) is 0 Å². The van der Waals surface area contributed by atoms with Gasteiger partial charge in [-0.05, 0) is 24.1 Å². The van der Waals surface area contributed by atoms with Crippen LogP contribution < -0.4 is 5.73 Å². The summed E-state index contributed by atoms with van der Waals surface area (Å²) in [5.41, 5.74) is 8.33. The lowest BCUT2D eigenvalue weighted by Gasteiger charge is -2.34. The molecule has 2 atom stereocenters. The lowest BCUT2D eigenvalue weighted by atomic mass is 10.1. The normalized spacial score (nSPS) is 25.3. The van der Waals surface area contributed by atoms with Crippen molar-refractivity contribution in [2.45, 2.75) is 37.3 Å². The van der Waals surface area contributed by atoms with Crippen LogP contribution in [0.15, 0.2) is 24.3 Å². The maximum absolute atomic E-state index is 5.57. The Morgan fingerprint density at radius 2 is 1.67 bits per heavy atom. The van der Waals surface area contributed by atoms with Crippen LogP contribution in [0.1, 0.15) is 25.0 Å². The van der Waals surface area contributed by atoms with E-state index in [0.717, 1.165) is 30.0 Å². The van der Waals surface area contributed by atoms with E-state index in [9.17, 15) is 0 Å². The van der Waals surface area contributed by atoms with E-state index >= 15 is 0 Å². The van der Waals surface area contributed by atoms with E-state index in [1.165, 1.54) is 24.2 Å². The molecule has 1 heterocycles. The minimum absolute atomic E-state index is 0.734. The minimum Gasteiger partial charge on any atom is -0.330 e. The maximum atomic E-state index is 5.57. The van der Waals surface area contributed by atoms with Crippen molar-refractivity contribution in [1.82, 2.24) is 4.90 Å². The fraction of sp³-hybridized carbons (Fsp3) is 0.600. The highest BCUT2D eigenvalue weighted by atomic mass is 32.2. The number of benzene rings is 1. The van der Waals surface area contributed by atoms with Crippen LogP contribution in [-0.2, 0) is 13.0 Å². The van der Waals surface area contributed by atoms with E-state index in [-0.39, 0.29) is 0 Å². The van der Waals surface area contributed by atoms with E-state index in [2.05, 4.69) is 54.8 Å². The topological polar surface area (TPSA) is 29.3 Å². The predicted molar refractivity (Wildman–Crippen MR) is 81.0 cm³/mol. The molecule has 2 unspecified atom stereocenters. The molecule has 0 bridgehead atoms. The van der Waals surface area contributed by atoms with Gasteiger partial charge in [0.1, 0.15) is 0 Å². The summed E-state index contributed by atoms with van der Waals surface area (Å²) in [5, 5.41) is 1.51. The Hall–Kier alpha value is -0.510. The van der Waals surface area contributed by atoms with Crippen molar-refractivity contribution in [3.8, 4) is 0 Å². The Bertz CT molecular complexity index is 353. The van der Waals surface area contributed by atoms with Crippen LogP contribution in [0.2, 0.25) is 0 Å².